The van der Waals surface area contributed by atoms with E-state index >= 15 is 0 Å². The average molecular weight is 481 g/mol. The van der Waals surface area contributed by atoms with Crippen molar-refractivity contribution in [2.45, 2.75) is 25.7 Å². The van der Waals surface area contributed by atoms with Gasteiger partial charge in [0.05, 0.1) is 6.04 Å². The molecule has 1 saturated heterocycles. The predicted octanol–water partition coefficient (Wildman–Crippen LogP) is 5.02. The Bertz CT molecular complexity index is 1240. The first-order valence-corrected chi connectivity index (χ1v) is 10.4. The highest BCUT2D eigenvalue weighted by Crippen LogP contribution is 2.48. The van der Waals surface area contributed by atoms with Crippen molar-refractivity contribution >= 4 is 23.2 Å². The smallest absolute Gasteiger partial charge is 0.408 e. The Labute approximate surface area is 190 Å². The molecule has 2 atom stereocenters. The monoisotopic (exact) mass is 480 g/mol. The summed E-state index contributed by atoms with van der Waals surface area (Å²) in [6.45, 7) is 1.30. The van der Waals surface area contributed by atoms with E-state index in [1.54, 1.807) is 12.3 Å². The van der Waals surface area contributed by atoms with Crippen molar-refractivity contribution in [3.05, 3.63) is 64.8 Å². The van der Waals surface area contributed by atoms with Gasteiger partial charge in [0.25, 0.3) is 0 Å². The molecule has 0 saturated carbocycles. The number of nitrogens with one attached hydrogen (secondary N) is 1. The Morgan fingerprint density at radius 3 is 2.79 bits per heavy atom. The van der Waals surface area contributed by atoms with Gasteiger partial charge in [-0.1, -0.05) is 17.7 Å². The zero-order valence-electron chi connectivity index (χ0n) is 17.1. The van der Waals surface area contributed by atoms with Crippen LogP contribution < -0.4 is 15.0 Å². The second kappa shape index (κ2) is 7.91. The molecule has 33 heavy (non-hydrogen) atoms. The van der Waals surface area contributed by atoms with Crippen molar-refractivity contribution in [1.29, 1.82) is 0 Å². The summed E-state index contributed by atoms with van der Waals surface area (Å²) in [7, 11) is 0. The molecular weight excluding hydrogens is 464 g/mol. The quantitative estimate of drug-likeness (QED) is 0.394. The number of hydrogen-bond donors (Lipinski definition) is 1. The van der Waals surface area contributed by atoms with Crippen molar-refractivity contribution in [3.8, 4) is 11.8 Å². The van der Waals surface area contributed by atoms with Crippen LogP contribution in [0.5, 0.6) is 11.8 Å². The molecule has 6 rings (SSSR count). The van der Waals surface area contributed by atoms with Crippen LogP contribution in [0.2, 0.25) is 5.15 Å². The van der Waals surface area contributed by atoms with E-state index in [0.29, 0.717) is 16.4 Å². The third-order valence-electron chi connectivity index (χ3n) is 5.61. The normalized spacial score (nSPS) is 19.6. The Morgan fingerprint density at radius 2 is 2.06 bits per heavy atom. The first kappa shape index (κ1) is 21.5. The number of benzene rings is 1. The molecule has 2 unspecified atom stereocenters. The van der Waals surface area contributed by atoms with Gasteiger partial charge in [0.1, 0.15) is 23.3 Å². The highest BCUT2D eigenvalue weighted by atomic mass is 35.5. The number of alkyl halides is 3. The molecule has 3 aromatic rings. The molecule has 2 aliphatic heterocycles. The average Bonchev–Trinajstić information content (AvgIpc) is 3.40. The molecule has 1 fully saturated rings. The zero-order chi connectivity index (χ0) is 23.3. The summed E-state index contributed by atoms with van der Waals surface area (Å²) in [4.78, 5) is 10.2. The van der Waals surface area contributed by atoms with Crippen LogP contribution in [-0.2, 0) is 6.54 Å². The first-order valence-electron chi connectivity index (χ1n) is 9.99. The molecule has 3 aliphatic rings. The summed E-state index contributed by atoms with van der Waals surface area (Å²) in [5.74, 6) is -0.452. The van der Waals surface area contributed by atoms with Crippen LogP contribution in [0.4, 0.5) is 29.2 Å². The van der Waals surface area contributed by atoms with Gasteiger partial charge < -0.3 is 15.0 Å². The number of rotatable bonds is 6. The van der Waals surface area contributed by atoms with E-state index in [2.05, 4.69) is 25.3 Å². The van der Waals surface area contributed by atoms with Gasteiger partial charge in [-0.2, -0.15) is 18.2 Å². The molecule has 7 nitrogen and oxygen atoms in total. The summed E-state index contributed by atoms with van der Waals surface area (Å²) in [5.41, 5.74) is 3.04. The van der Waals surface area contributed by atoms with Crippen molar-refractivity contribution in [3.63, 3.8) is 0 Å². The molecule has 1 N–H and O–H groups in total. The van der Waals surface area contributed by atoms with Crippen LogP contribution in [0, 0.1) is 11.7 Å². The Kier molecular flexibility index (Phi) is 5.15. The third-order valence-corrected chi connectivity index (χ3v) is 5.81. The summed E-state index contributed by atoms with van der Waals surface area (Å²) in [6.07, 6.45) is -2.93. The number of ether oxygens (including phenoxy) is 1. The van der Waals surface area contributed by atoms with Gasteiger partial charge in [0, 0.05) is 36.1 Å². The topological polar surface area (TPSA) is 68.1 Å². The van der Waals surface area contributed by atoms with Gasteiger partial charge in [-0.05, 0) is 36.8 Å². The fraction of sp³-hybridized carbons (Fsp3) is 0.286. The van der Waals surface area contributed by atoms with Crippen molar-refractivity contribution < 1.29 is 22.3 Å². The van der Waals surface area contributed by atoms with Gasteiger partial charge in [0.2, 0.25) is 5.95 Å². The van der Waals surface area contributed by atoms with Crippen LogP contribution in [-0.4, -0.2) is 38.5 Å². The molecule has 1 aliphatic carbocycles. The third kappa shape index (κ3) is 4.20. The number of halogens is 5. The molecular formula is C21H17ClF4N6O. The number of aromatic nitrogens is 4. The molecule has 172 valence electrons. The largest absolute Gasteiger partial charge is 0.424 e. The molecule has 0 spiro atoms. The van der Waals surface area contributed by atoms with Gasteiger partial charge in [-0.25, -0.2) is 14.1 Å². The maximum Gasteiger partial charge on any atom is 0.408 e. The number of pyridine rings is 1. The summed E-state index contributed by atoms with van der Waals surface area (Å²) in [5, 5.41) is 7.44. The standard InChI is InChI=1S/C21H17ClF4N6O/c1-11-15-9-31(13-5-6-27-16(22)8-13)18(11)17(15)28-19-29-20(32(30-19)10-21(24,25)26)33-14-4-2-3-12(23)7-14/h2-8,15,17H,9-10H2,1H3,(H,28,30). The van der Waals surface area contributed by atoms with E-state index in [0.717, 1.165) is 17.5 Å². The van der Waals surface area contributed by atoms with Crippen LogP contribution in [0.15, 0.2) is 53.9 Å². The van der Waals surface area contributed by atoms with E-state index in [1.165, 1.54) is 23.8 Å². The Hall–Kier alpha value is -3.34. The van der Waals surface area contributed by atoms with E-state index in [1.807, 2.05) is 13.0 Å². The number of anilines is 2. The van der Waals surface area contributed by atoms with E-state index in [9.17, 15) is 17.6 Å². The van der Waals surface area contributed by atoms with Crippen molar-refractivity contribution in [1.82, 2.24) is 19.7 Å². The highest BCUT2D eigenvalue weighted by Gasteiger charge is 2.49. The maximum atomic E-state index is 13.5. The van der Waals surface area contributed by atoms with E-state index in [-0.39, 0.29) is 23.7 Å². The van der Waals surface area contributed by atoms with Gasteiger partial charge in [0.15, 0.2) is 0 Å². The lowest BCUT2D eigenvalue weighted by Crippen LogP contribution is -2.37. The lowest BCUT2D eigenvalue weighted by atomic mass is 9.82. The lowest BCUT2D eigenvalue weighted by Gasteiger charge is -2.32. The molecule has 0 radical (unpaired) electrons. The van der Waals surface area contributed by atoms with Crippen molar-refractivity contribution in [2.24, 2.45) is 5.92 Å². The zero-order valence-corrected chi connectivity index (χ0v) is 17.9. The van der Waals surface area contributed by atoms with E-state index < -0.39 is 24.5 Å². The van der Waals surface area contributed by atoms with Crippen molar-refractivity contribution in [2.75, 3.05) is 16.8 Å². The SMILES string of the molecule is CC1=C2C(Nc3nc(Oc4cccc(F)c4)n(CC(F)(F)F)n3)C1CN2c1ccnc(Cl)c1. The van der Waals surface area contributed by atoms with Crippen LogP contribution in [0.25, 0.3) is 0 Å². The lowest BCUT2D eigenvalue weighted by molar-refractivity contribution is -0.143. The molecule has 1 aromatic carbocycles. The fourth-order valence-corrected chi connectivity index (χ4v) is 4.35. The number of hydrogen-bond acceptors (Lipinski definition) is 6. The number of nitrogens with zero attached hydrogens (tertiary/aromatic N) is 5. The summed E-state index contributed by atoms with van der Waals surface area (Å²) < 4.78 is 58.7. The van der Waals surface area contributed by atoms with Gasteiger partial charge in [-0.3, -0.25) is 0 Å². The second-order valence-corrected chi connectivity index (χ2v) is 8.18. The van der Waals surface area contributed by atoms with Crippen LogP contribution in [0.1, 0.15) is 6.92 Å². The minimum atomic E-state index is -4.54. The van der Waals surface area contributed by atoms with Crippen LogP contribution in [0.3, 0.4) is 0 Å². The minimum Gasteiger partial charge on any atom is -0.424 e. The fourth-order valence-electron chi connectivity index (χ4n) is 4.18. The maximum absolute atomic E-state index is 13.5. The molecule has 12 heteroatoms. The first-order chi connectivity index (χ1) is 15.7. The molecule has 4 heterocycles. The summed E-state index contributed by atoms with van der Waals surface area (Å²) >= 11 is 6.01. The second-order valence-electron chi connectivity index (χ2n) is 7.79. The highest BCUT2D eigenvalue weighted by molar-refractivity contribution is 6.29. The molecule has 0 amide bonds. The Morgan fingerprint density at radius 1 is 1.24 bits per heavy atom. The van der Waals surface area contributed by atoms with Gasteiger partial charge >= 0.3 is 12.2 Å². The summed E-state index contributed by atoms with van der Waals surface area (Å²) in [6, 6.07) is 8.07. The molecule has 2 bridgehead atoms. The van der Waals surface area contributed by atoms with Crippen LogP contribution >= 0.6 is 11.6 Å². The van der Waals surface area contributed by atoms with Gasteiger partial charge in [-0.15, -0.1) is 5.10 Å². The molecule has 2 aromatic heterocycles. The predicted molar refractivity (Wildman–Crippen MR) is 113 cm³/mol. The Balaban J connectivity index is 1.39. The number of fused-ring (bicyclic) bond motifs is 1. The minimum absolute atomic E-state index is 0.0136. The van der Waals surface area contributed by atoms with E-state index in [4.69, 9.17) is 16.3 Å².